The van der Waals surface area contributed by atoms with Crippen LogP contribution < -0.4 is 0 Å². The van der Waals surface area contributed by atoms with Crippen molar-refractivity contribution < 1.29 is 0 Å². The topological polar surface area (TPSA) is 0 Å². The molecule has 4 aromatic rings. The van der Waals surface area contributed by atoms with Gasteiger partial charge in [-0.3, -0.25) is 0 Å². The molecule has 9 aliphatic carbocycles. The minimum Gasteiger partial charge on any atom is -0.0620 e. The monoisotopic (exact) mass is 526 g/mol. The highest BCUT2D eigenvalue weighted by Crippen LogP contribution is 2.80. The molecular weight excluding hydrogens is 492 g/mol. The first-order valence-corrected chi connectivity index (χ1v) is 16.7. The van der Waals surface area contributed by atoms with E-state index in [0.717, 1.165) is 71.0 Å². The Balaban J connectivity index is 0.883. The highest BCUT2D eigenvalue weighted by atomic mass is 14.7. The van der Waals surface area contributed by atoms with Crippen LogP contribution in [0.15, 0.2) is 60.7 Å². The van der Waals surface area contributed by atoms with Gasteiger partial charge in [0.05, 0.1) is 0 Å². The zero-order valence-corrected chi connectivity index (χ0v) is 23.8. The molecule has 0 aliphatic heterocycles. The molecule has 9 aliphatic rings. The van der Waals surface area contributed by atoms with E-state index < -0.39 is 0 Å². The first kappa shape index (κ1) is 20.7. The van der Waals surface area contributed by atoms with Gasteiger partial charge < -0.3 is 0 Å². The molecule has 0 heteroatoms. The average molecular weight is 527 g/mol. The Kier molecular flexibility index (Phi) is 3.11. The van der Waals surface area contributed by atoms with Gasteiger partial charge in [-0.15, -0.1) is 0 Å². The van der Waals surface area contributed by atoms with Gasteiger partial charge in [0.25, 0.3) is 0 Å². The number of rotatable bonds is 0. The number of benzene rings is 4. The van der Waals surface area contributed by atoms with Crippen LogP contribution in [0.2, 0.25) is 0 Å². The van der Waals surface area contributed by atoms with Crippen LogP contribution in [0.25, 0.3) is 11.1 Å². The van der Waals surface area contributed by atoms with Gasteiger partial charge in [-0.25, -0.2) is 0 Å². The van der Waals surface area contributed by atoms with Crippen LogP contribution in [0.1, 0.15) is 127 Å². The summed E-state index contributed by atoms with van der Waals surface area (Å²) in [6.07, 6.45) is 4.11. The smallest absolute Gasteiger partial charge is 0.00132 e. The Morgan fingerprint density at radius 2 is 0.756 bits per heavy atom. The lowest BCUT2D eigenvalue weighted by molar-refractivity contribution is 0.228. The first-order valence-electron chi connectivity index (χ1n) is 16.7. The van der Waals surface area contributed by atoms with E-state index in [1.165, 1.54) is 30.4 Å². The van der Waals surface area contributed by atoms with Gasteiger partial charge in [0.15, 0.2) is 0 Å². The Morgan fingerprint density at radius 1 is 0.415 bits per heavy atom. The molecule has 4 aromatic carbocycles. The molecule has 4 bridgehead atoms. The third-order valence-electron chi connectivity index (χ3n) is 15.2. The van der Waals surface area contributed by atoms with Crippen molar-refractivity contribution in [1.29, 1.82) is 0 Å². The van der Waals surface area contributed by atoms with E-state index >= 15 is 0 Å². The predicted octanol–water partition coefficient (Wildman–Crippen LogP) is 9.30. The van der Waals surface area contributed by atoms with Gasteiger partial charge in [0.2, 0.25) is 0 Å². The number of hydrogen-bond acceptors (Lipinski definition) is 0. The van der Waals surface area contributed by atoms with Crippen LogP contribution in [0.4, 0.5) is 0 Å². The summed E-state index contributed by atoms with van der Waals surface area (Å²) in [5.41, 5.74) is 23.3. The largest absolute Gasteiger partial charge is 0.0620 e. The minimum atomic E-state index is 0.831. The molecule has 12 atom stereocenters. The lowest BCUT2D eigenvalue weighted by atomic mass is 9.49. The van der Waals surface area contributed by atoms with Crippen LogP contribution in [0.5, 0.6) is 0 Å². The standard InChI is InChI=1S/C41H34/c1-16-7-24-25(8-17(16)2)37-33-15-32(36(24)37)39-27-11-19-9-18-10-26-28(12-22(18)23(19)13-29(27)41(33)39)40-31-14-30(38(26)40)34-20-5-3-4-6-21(20)35(31)34/h3-8,10-13,30-41H,9,14-15H2,1-2H3. The summed E-state index contributed by atoms with van der Waals surface area (Å²) < 4.78 is 0. The molecule has 198 valence electrons. The molecule has 4 fully saturated rings. The SMILES string of the molecule is Cc1cc2c(cc1C)C1C3CC(C21)C1c2cc4c(cc2C31)-c1cc2c(cc1C4)C1C3CC(C4c5ccccc5C34)C21. The minimum absolute atomic E-state index is 0.831. The fourth-order valence-electron chi connectivity index (χ4n) is 13.9. The van der Waals surface area contributed by atoms with E-state index in [4.69, 9.17) is 0 Å². The van der Waals surface area contributed by atoms with E-state index in [0.29, 0.717) is 0 Å². The lowest BCUT2D eigenvalue weighted by Crippen LogP contribution is -2.41. The molecule has 0 saturated heterocycles. The van der Waals surface area contributed by atoms with Gasteiger partial charge in [-0.1, -0.05) is 60.7 Å². The maximum absolute atomic E-state index is 2.72. The molecule has 13 rings (SSSR count). The van der Waals surface area contributed by atoms with Crippen molar-refractivity contribution in [1.82, 2.24) is 0 Å². The summed E-state index contributed by atoms with van der Waals surface area (Å²) in [6, 6.07) is 25.4. The Hall–Kier alpha value is -3.12. The fraction of sp³-hybridized carbons (Fsp3) is 0.415. The summed E-state index contributed by atoms with van der Waals surface area (Å²) in [5.74, 6) is 10.4. The molecule has 0 aromatic heterocycles. The molecule has 0 nitrogen and oxygen atoms in total. The highest BCUT2D eigenvalue weighted by Gasteiger charge is 2.68. The highest BCUT2D eigenvalue weighted by molar-refractivity contribution is 5.82. The summed E-state index contributed by atoms with van der Waals surface area (Å²) in [6.45, 7) is 4.63. The molecule has 0 radical (unpaired) electrons. The number of hydrogen-bond donors (Lipinski definition) is 0. The molecule has 0 spiro atoms. The first-order chi connectivity index (χ1) is 20.2. The second-order valence-electron chi connectivity index (χ2n) is 16.0. The average Bonchev–Trinajstić information content (AvgIpc) is 3.70. The van der Waals surface area contributed by atoms with Crippen LogP contribution in [-0.2, 0) is 6.42 Å². The second kappa shape index (κ2) is 6.15. The maximum Gasteiger partial charge on any atom is -0.00132 e. The van der Waals surface area contributed by atoms with Gasteiger partial charge in [-0.05, 0) is 182 Å². The summed E-state index contributed by atoms with van der Waals surface area (Å²) in [4.78, 5) is 0. The van der Waals surface area contributed by atoms with Crippen molar-refractivity contribution >= 4 is 0 Å². The zero-order valence-electron chi connectivity index (χ0n) is 23.8. The Labute approximate surface area is 242 Å². The van der Waals surface area contributed by atoms with Crippen molar-refractivity contribution in [2.75, 3.05) is 0 Å². The van der Waals surface area contributed by atoms with E-state index in [-0.39, 0.29) is 0 Å². The normalized spacial score (nSPS) is 41.6. The Bertz CT molecular complexity index is 1990. The molecule has 0 N–H and O–H groups in total. The Morgan fingerprint density at radius 3 is 1.17 bits per heavy atom. The third-order valence-corrected chi connectivity index (χ3v) is 15.2. The maximum atomic E-state index is 2.72. The lowest BCUT2D eigenvalue weighted by Gasteiger charge is -2.54. The second-order valence-corrected chi connectivity index (χ2v) is 16.0. The summed E-state index contributed by atoms with van der Waals surface area (Å²) in [7, 11) is 0. The van der Waals surface area contributed by atoms with Crippen LogP contribution >= 0.6 is 0 Å². The van der Waals surface area contributed by atoms with Gasteiger partial charge >= 0.3 is 0 Å². The quantitative estimate of drug-likeness (QED) is 0.176. The number of fused-ring (bicyclic) bond motifs is 31. The van der Waals surface area contributed by atoms with Crippen LogP contribution in [0.3, 0.4) is 0 Å². The summed E-state index contributed by atoms with van der Waals surface area (Å²) >= 11 is 0. The molecule has 0 amide bonds. The van der Waals surface area contributed by atoms with Crippen LogP contribution in [0, 0.1) is 37.5 Å². The third kappa shape index (κ3) is 1.95. The summed E-state index contributed by atoms with van der Waals surface area (Å²) in [5, 5.41) is 0. The van der Waals surface area contributed by atoms with Crippen LogP contribution in [-0.4, -0.2) is 0 Å². The molecule has 41 heavy (non-hydrogen) atoms. The van der Waals surface area contributed by atoms with Crippen molar-refractivity contribution in [2.45, 2.75) is 80.5 Å². The van der Waals surface area contributed by atoms with Gasteiger partial charge in [-0.2, -0.15) is 0 Å². The molecular formula is C41H34. The van der Waals surface area contributed by atoms with Crippen molar-refractivity contribution in [3.63, 3.8) is 0 Å². The molecule has 12 unspecified atom stereocenters. The van der Waals surface area contributed by atoms with E-state index in [1.807, 2.05) is 0 Å². The predicted molar refractivity (Wildman–Crippen MR) is 162 cm³/mol. The molecule has 0 heterocycles. The number of aryl methyl sites for hydroxylation is 2. The van der Waals surface area contributed by atoms with E-state index in [2.05, 4.69) is 74.5 Å². The van der Waals surface area contributed by atoms with E-state index in [1.54, 1.807) is 66.8 Å². The van der Waals surface area contributed by atoms with Crippen molar-refractivity contribution in [2.24, 2.45) is 23.7 Å². The van der Waals surface area contributed by atoms with Gasteiger partial charge in [0, 0.05) is 0 Å². The van der Waals surface area contributed by atoms with Crippen molar-refractivity contribution in [3.8, 4) is 11.1 Å². The van der Waals surface area contributed by atoms with Gasteiger partial charge in [0.1, 0.15) is 0 Å². The molecule has 4 saturated carbocycles. The zero-order chi connectivity index (χ0) is 26.2. The van der Waals surface area contributed by atoms with Crippen molar-refractivity contribution in [3.05, 3.63) is 127 Å². The van der Waals surface area contributed by atoms with E-state index in [9.17, 15) is 0 Å². The fourth-order valence-corrected chi connectivity index (χ4v) is 13.9.